The van der Waals surface area contributed by atoms with Crippen LogP contribution in [0.5, 0.6) is 0 Å². The number of aryl methyl sites for hydroxylation is 1. The Morgan fingerprint density at radius 1 is 1.29 bits per heavy atom. The van der Waals surface area contributed by atoms with Crippen LogP contribution in [0.25, 0.3) is 0 Å². The molecule has 3 rings (SSSR count). The molecule has 1 aromatic heterocycles. The van der Waals surface area contributed by atoms with Crippen LogP contribution in [0.15, 0.2) is 18.2 Å². The molecule has 2 heterocycles. The summed E-state index contributed by atoms with van der Waals surface area (Å²) in [5.41, 5.74) is -1.52. The van der Waals surface area contributed by atoms with Crippen molar-refractivity contribution in [1.82, 2.24) is 19.7 Å². The number of amides is 1. The minimum Gasteiger partial charge on any atom is -0.366 e. The normalized spacial score (nSPS) is 15.2. The lowest BCUT2D eigenvalue weighted by Gasteiger charge is -2.34. The topological polar surface area (TPSA) is 97.4 Å². The summed E-state index contributed by atoms with van der Waals surface area (Å²) in [5, 5.41) is 19.4. The lowest BCUT2D eigenvalue weighted by atomic mass is 9.94. The van der Waals surface area contributed by atoms with Gasteiger partial charge in [-0.1, -0.05) is 0 Å². The van der Waals surface area contributed by atoms with Crippen molar-refractivity contribution in [3.8, 4) is 0 Å². The largest absolute Gasteiger partial charge is 0.416 e. The number of aromatic nitrogens is 3. The van der Waals surface area contributed by atoms with Crippen LogP contribution in [-0.2, 0) is 24.6 Å². The number of halogens is 3. The molecule has 1 amide bonds. The van der Waals surface area contributed by atoms with Gasteiger partial charge in [0.1, 0.15) is 11.5 Å². The first-order chi connectivity index (χ1) is 14.5. The Balaban J connectivity index is 1.67. The summed E-state index contributed by atoms with van der Waals surface area (Å²) < 4.78 is 40.5. The predicted molar refractivity (Wildman–Crippen MR) is 105 cm³/mol. The van der Waals surface area contributed by atoms with Crippen molar-refractivity contribution < 1.29 is 22.9 Å². The highest BCUT2D eigenvalue weighted by atomic mass is 19.4. The summed E-state index contributed by atoms with van der Waals surface area (Å²) in [4.78, 5) is 26.6. The Labute approximate surface area is 176 Å². The molecule has 9 nitrogen and oxygen atoms in total. The van der Waals surface area contributed by atoms with E-state index < -0.39 is 22.4 Å². The van der Waals surface area contributed by atoms with Gasteiger partial charge in [0.05, 0.1) is 17.0 Å². The van der Waals surface area contributed by atoms with Crippen LogP contribution in [0.4, 0.5) is 24.5 Å². The number of nitro groups is 1. The number of nitrogens with zero attached hydrogens (tertiary/aromatic N) is 6. The van der Waals surface area contributed by atoms with Gasteiger partial charge in [0.15, 0.2) is 5.82 Å². The third-order valence-electron chi connectivity index (χ3n) is 5.62. The number of anilines is 1. The number of nitro benzene ring substituents is 1. The molecule has 0 aliphatic carbocycles. The highest BCUT2D eigenvalue weighted by Crippen LogP contribution is 2.37. The number of rotatable bonds is 5. The van der Waals surface area contributed by atoms with Gasteiger partial charge in [-0.3, -0.25) is 14.9 Å². The van der Waals surface area contributed by atoms with Crippen molar-refractivity contribution in [2.75, 3.05) is 25.0 Å². The molecule has 0 bridgehead atoms. The molecule has 1 aromatic carbocycles. The lowest BCUT2D eigenvalue weighted by molar-refractivity contribution is -0.384. The van der Waals surface area contributed by atoms with Gasteiger partial charge in [-0.15, -0.1) is 10.2 Å². The first-order valence-electron chi connectivity index (χ1n) is 9.69. The quantitative estimate of drug-likeness (QED) is 0.524. The van der Waals surface area contributed by atoms with E-state index in [0.717, 1.165) is 18.0 Å². The summed E-state index contributed by atoms with van der Waals surface area (Å²) in [6.45, 7) is 2.79. The van der Waals surface area contributed by atoms with E-state index in [1.54, 1.807) is 21.4 Å². The van der Waals surface area contributed by atoms with Crippen molar-refractivity contribution in [2.24, 2.45) is 13.0 Å². The number of alkyl halides is 3. The first kappa shape index (κ1) is 22.5. The summed E-state index contributed by atoms with van der Waals surface area (Å²) in [5.74, 6) is 1.06. The van der Waals surface area contributed by atoms with Gasteiger partial charge in [-0.05, 0) is 31.9 Å². The van der Waals surface area contributed by atoms with Crippen LogP contribution < -0.4 is 4.90 Å². The molecule has 0 N–H and O–H groups in total. The second-order valence-electron chi connectivity index (χ2n) is 7.64. The molecule has 0 atom stereocenters. The van der Waals surface area contributed by atoms with Crippen molar-refractivity contribution in [3.05, 3.63) is 45.5 Å². The van der Waals surface area contributed by atoms with Crippen molar-refractivity contribution in [1.29, 1.82) is 0 Å². The van der Waals surface area contributed by atoms with Crippen LogP contribution in [0, 0.1) is 23.0 Å². The molecular formula is C19H23F3N6O3. The number of hydrogen-bond donors (Lipinski definition) is 0. The summed E-state index contributed by atoms with van der Waals surface area (Å²) in [7, 11) is 3.50. The Morgan fingerprint density at radius 2 is 1.94 bits per heavy atom. The predicted octanol–water partition coefficient (Wildman–Crippen LogP) is 2.93. The van der Waals surface area contributed by atoms with E-state index in [1.807, 2.05) is 14.0 Å². The molecule has 1 fully saturated rings. The number of hydrogen-bond acceptors (Lipinski definition) is 6. The summed E-state index contributed by atoms with van der Waals surface area (Å²) in [6, 6.07) is 2.53. The third-order valence-corrected chi connectivity index (χ3v) is 5.62. The monoisotopic (exact) mass is 440 g/mol. The fourth-order valence-corrected chi connectivity index (χ4v) is 3.67. The minimum atomic E-state index is -4.66. The molecule has 1 saturated heterocycles. The van der Waals surface area contributed by atoms with E-state index >= 15 is 0 Å². The van der Waals surface area contributed by atoms with Crippen LogP contribution in [0.2, 0.25) is 0 Å². The maximum absolute atomic E-state index is 12.9. The Bertz CT molecular complexity index is 983. The van der Waals surface area contributed by atoms with Crippen molar-refractivity contribution in [2.45, 2.75) is 32.5 Å². The summed E-state index contributed by atoms with van der Waals surface area (Å²) >= 11 is 0. The second kappa shape index (κ2) is 8.52. The average molecular weight is 440 g/mol. The zero-order valence-electron chi connectivity index (χ0n) is 17.4. The molecule has 1 aliphatic rings. The Hall–Kier alpha value is -3.18. The molecule has 31 heavy (non-hydrogen) atoms. The second-order valence-corrected chi connectivity index (χ2v) is 7.64. The van der Waals surface area contributed by atoms with E-state index in [0.29, 0.717) is 44.4 Å². The molecule has 1 aliphatic heterocycles. The van der Waals surface area contributed by atoms with Crippen LogP contribution in [0.1, 0.15) is 30.1 Å². The maximum Gasteiger partial charge on any atom is 0.416 e. The number of benzene rings is 1. The van der Waals surface area contributed by atoms with Crippen LogP contribution in [0.3, 0.4) is 0 Å². The van der Waals surface area contributed by atoms with E-state index in [1.165, 1.54) is 0 Å². The average Bonchev–Trinajstić information content (AvgIpc) is 3.04. The van der Waals surface area contributed by atoms with Gasteiger partial charge in [0.2, 0.25) is 5.91 Å². The number of carbonyl (C=O) groups excluding carboxylic acids is 1. The van der Waals surface area contributed by atoms with Gasteiger partial charge >= 0.3 is 6.18 Å². The minimum absolute atomic E-state index is 0.0674. The van der Waals surface area contributed by atoms with Crippen molar-refractivity contribution in [3.63, 3.8) is 0 Å². The number of carbonyl (C=O) groups is 1. The lowest BCUT2D eigenvalue weighted by Crippen LogP contribution is -2.41. The zero-order chi connectivity index (χ0) is 22.9. The molecule has 12 heteroatoms. The highest BCUT2D eigenvalue weighted by Gasteiger charge is 2.35. The van der Waals surface area contributed by atoms with Crippen LogP contribution >= 0.6 is 0 Å². The molecule has 2 aromatic rings. The SMILES string of the molecule is Cc1nnc(CN(C)C(=O)C2CCN(c3ccc(C(F)(F)F)cc3[N+](=O)[O-])CC2)n1C. The smallest absolute Gasteiger partial charge is 0.366 e. The first-order valence-corrected chi connectivity index (χ1v) is 9.69. The van der Waals surface area contributed by atoms with Gasteiger partial charge in [-0.2, -0.15) is 13.2 Å². The van der Waals surface area contributed by atoms with E-state index in [-0.39, 0.29) is 17.5 Å². The fraction of sp³-hybridized carbons (Fsp3) is 0.526. The Morgan fingerprint density at radius 3 is 2.45 bits per heavy atom. The van der Waals surface area contributed by atoms with Gasteiger partial charge in [0.25, 0.3) is 5.69 Å². The van der Waals surface area contributed by atoms with Gasteiger partial charge in [0, 0.05) is 39.2 Å². The zero-order valence-corrected chi connectivity index (χ0v) is 17.4. The van der Waals surface area contributed by atoms with Gasteiger partial charge < -0.3 is 14.4 Å². The van der Waals surface area contributed by atoms with E-state index in [4.69, 9.17) is 0 Å². The van der Waals surface area contributed by atoms with Gasteiger partial charge in [-0.25, -0.2) is 0 Å². The summed E-state index contributed by atoms with van der Waals surface area (Å²) in [6.07, 6.45) is -3.77. The fourth-order valence-electron chi connectivity index (χ4n) is 3.67. The maximum atomic E-state index is 12.9. The van der Waals surface area contributed by atoms with E-state index in [9.17, 15) is 28.1 Å². The molecular weight excluding hydrogens is 417 g/mol. The molecule has 168 valence electrons. The Kier molecular flexibility index (Phi) is 6.18. The third kappa shape index (κ3) is 4.78. The van der Waals surface area contributed by atoms with Crippen molar-refractivity contribution >= 4 is 17.3 Å². The molecule has 0 spiro atoms. The highest BCUT2D eigenvalue weighted by molar-refractivity contribution is 5.79. The van der Waals surface area contributed by atoms with E-state index in [2.05, 4.69) is 10.2 Å². The molecule has 0 unspecified atom stereocenters. The molecule has 0 saturated carbocycles. The molecule has 0 radical (unpaired) electrons. The van der Waals surface area contributed by atoms with Crippen LogP contribution in [-0.4, -0.2) is 50.6 Å². The standard InChI is InChI=1S/C19H23F3N6O3/c1-12-23-24-17(26(12)3)11-25(2)18(29)13-6-8-27(9-7-13)15-5-4-14(19(20,21)22)10-16(15)28(30)31/h4-5,10,13H,6-9,11H2,1-3H3. The number of piperidine rings is 1.